The zero-order chi connectivity index (χ0) is 13.8. The Kier molecular flexibility index (Phi) is 4.54. The Bertz CT molecular complexity index is 499. The zero-order valence-corrected chi connectivity index (χ0v) is 11.5. The lowest BCUT2D eigenvalue weighted by Crippen LogP contribution is -2.34. The minimum atomic E-state index is -0.0700. The molecule has 19 heavy (non-hydrogen) atoms. The zero-order valence-electron chi connectivity index (χ0n) is 10.8. The van der Waals surface area contributed by atoms with Gasteiger partial charge in [0.05, 0.1) is 11.1 Å². The molecule has 1 aliphatic heterocycles. The van der Waals surface area contributed by atoms with Crippen molar-refractivity contribution in [2.24, 2.45) is 5.73 Å². The molecule has 102 valence electrons. The molecule has 5 heteroatoms. The molecule has 0 fully saturated rings. The molecule has 1 heterocycles. The van der Waals surface area contributed by atoms with E-state index in [4.69, 9.17) is 33.2 Å². The molecular weight excluding hydrogens is 264 g/mol. The normalized spacial score (nSPS) is 16.5. The van der Waals surface area contributed by atoms with E-state index in [1.54, 1.807) is 0 Å². The minimum Gasteiger partial charge on any atom is -0.486 e. The second-order valence-corrected chi connectivity index (χ2v) is 4.78. The Morgan fingerprint density at radius 3 is 2.89 bits per heavy atom. The van der Waals surface area contributed by atoms with Crippen molar-refractivity contribution in [3.05, 3.63) is 22.7 Å². The van der Waals surface area contributed by atoms with Gasteiger partial charge in [-0.05, 0) is 24.6 Å². The highest BCUT2D eigenvalue weighted by Gasteiger charge is 2.20. The maximum absolute atomic E-state index is 6.20. The molecule has 2 unspecified atom stereocenters. The van der Waals surface area contributed by atoms with E-state index in [2.05, 4.69) is 11.2 Å². The van der Waals surface area contributed by atoms with Crippen LogP contribution in [0.25, 0.3) is 0 Å². The lowest BCUT2D eigenvalue weighted by Gasteiger charge is -2.24. The first-order chi connectivity index (χ1) is 9.15. The first-order valence-corrected chi connectivity index (χ1v) is 6.54. The van der Waals surface area contributed by atoms with E-state index in [-0.39, 0.29) is 12.1 Å². The average Bonchev–Trinajstić information content (AvgIpc) is 2.44. The predicted molar refractivity (Wildman–Crippen MR) is 75.7 cm³/mol. The summed E-state index contributed by atoms with van der Waals surface area (Å²) in [4.78, 5) is 0. The van der Waals surface area contributed by atoms with Crippen LogP contribution in [-0.2, 0) is 0 Å². The lowest BCUT2D eigenvalue weighted by molar-refractivity contribution is 0.171. The molecule has 1 aromatic rings. The van der Waals surface area contributed by atoms with E-state index in [1.807, 2.05) is 19.1 Å². The molecule has 2 atom stereocenters. The van der Waals surface area contributed by atoms with Gasteiger partial charge < -0.3 is 15.2 Å². The van der Waals surface area contributed by atoms with Gasteiger partial charge in [0.15, 0.2) is 11.5 Å². The lowest BCUT2D eigenvalue weighted by atomic mass is 10.0. The SMILES string of the molecule is C#CC(C)NC(CN)c1cc(Cl)c2c(c1)OCCO2. The number of nitrogens with one attached hydrogen (secondary N) is 1. The first-order valence-electron chi connectivity index (χ1n) is 6.17. The summed E-state index contributed by atoms with van der Waals surface area (Å²) in [5.41, 5.74) is 6.73. The summed E-state index contributed by atoms with van der Waals surface area (Å²) in [5.74, 6) is 3.87. The third kappa shape index (κ3) is 3.13. The van der Waals surface area contributed by atoms with E-state index in [9.17, 15) is 0 Å². The van der Waals surface area contributed by atoms with Crippen molar-refractivity contribution >= 4 is 11.6 Å². The number of nitrogens with two attached hydrogens (primary N) is 1. The van der Waals surface area contributed by atoms with Gasteiger partial charge in [0.2, 0.25) is 0 Å². The Morgan fingerprint density at radius 2 is 2.21 bits per heavy atom. The summed E-state index contributed by atoms with van der Waals surface area (Å²) in [6.07, 6.45) is 5.37. The van der Waals surface area contributed by atoms with Crippen LogP contribution in [0.4, 0.5) is 0 Å². The predicted octanol–water partition coefficient (Wildman–Crippen LogP) is 1.72. The first kappa shape index (κ1) is 14.0. The topological polar surface area (TPSA) is 56.5 Å². The number of rotatable bonds is 4. The summed E-state index contributed by atoms with van der Waals surface area (Å²) in [7, 11) is 0. The van der Waals surface area contributed by atoms with E-state index in [1.165, 1.54) is 0 Å². The van der Waals surface area contributed by atoms with Crippen molar-refractivity contribution in [1.82, 2.24) is 5.32 Å². The van der Waals surface area contributed by atoms with E-state index >= 15 is 0 Å². The summed E-state index contributed by atoms with van der Waals surface area (Å²) < 4.78 is 11.0. The number of benzene rings is 1. The monoisotopic (exact) mass is 280 g/mol. The van der Waals surface area contributed by atoms with Crippen LogP contribution in [0.2, 0.25) is 5.02 Å². The molecule has 0 aliphatic carbocycles. The Hall–Kier alpha value is -1.41. The fraction of sp³-hybridized carbons (Fsp3) is 0.429. The van der Waals surface area contributed by atoms with Crippen molar-refractivity contribution in [2.75, 3.05) is 19.8 Å². The molecule has 2 rings (SSSR count). The molecule has 4 nitrogen and oxygen atoms in total. The van der Waals surface area contributed by atoms with Gasteiger partial charge in [0, 0.05) is 12.6 Å². The van der Waals surface area contributed by atoms with Gasteiger partial charge in [-0.3, -0.25) is 5.32 Å². The van der Waals surface area contributed by atoms with Crippen LogP contribution in [0.15, 0.2) is 12.1 Å². The van der Waals surface area contributed by atoms with Crippen LogP contribution in [0.5, 0.6) is 11.5 Å². The highest BCUT2D eigenvalue weighted by atomic mass is 35.5. The second-order valence-electron chi connectivity index (χ2n) is 4.37. The molecule has 1 aromatic carbocycles. The van der Waals surface area contributed by atoms with Gasteiger partial charge in [0.25, 0.3) is 0 Å². The van der Waals surface area contributed by atoms with Gasteiger partial charge >= 0.3 is 0 Å². The number of ether oxygens (including phenoxy) is 2. The van der Waals surface area contributed by atoms with Gasteiger partial charge in [0.1, 0.15) is 13.2 Å². The molecule has 0 spiro atoms. The number of halogens is 1. The van der Waals surface area contributed by atoms with Crippen LogP contribution in [0, 0.1) is 12.3 Å². The molecule has 0 amide bonds. The second kappa shape index (κ2) is 6.16. The highest BCUT2D eigenvalue weighted by molar-refractivity contribution is 6.32. The smallest absolute Gasteiger partial charge is 0.179 e. The average molecular weight is 281 g/mol. The van der Waals surface area contributed by atoms with Crippen molar-refractivity contribution in [3.8, 4) is 23.8 Å². The van der Waals surface area contributed by atoms with Crippen LogP contribution in [0.3, 0.4) is 0 Å². The van der Waals surface area contributed by atoms with Crippen molar-refractivity contribution < 1.29 is 9.47 Å². The number of hydrogen-bond acceptors (Lipinski definition) is 4. The number of fused-ring (bicyclic) bond motifs is 1. The van der Waals surface area contributed by atoms with Gasteiger partial charge in [-0.25, -0.2) is 0 Å². The van der Waals surface area contributed by atoms with Crippen LogP contribution in [0.1, 0.15) is 18.5 Å². The Morgan fingerprint density at radius 1 is 1.47 bits per heavy atom. The van der Waals surface area contributed by atoms with Gasteiger partial charge in [-0.15, -0.1) is 6.42 Å². The maximum Gasteiger partial charge on any atom is 0.179 e. The Balaban J connectivity index is 2.28. The van der Waals surface area contributed by atoms with Crippen LogP contribution < -0.4 is 20.5 Å². The van der Waals surface area contributed by atoms with Crippen molar-refractivity contribution in [1.29, 1.82) is 0 Å². The fourth-order valence-corrected chi connectivity index (χ4v) is 2.26. The summed E-state index contributed by atoms with van der Waals surface area (Å²) in [6.45, 7) is 3.36. The Labute approximate surface area is 118 Å². The molecule has 0 radical (unpaired) electrons. The third-order valence-corrected chi connectivity index (χ3v) is 3.24. The van der Waals surface area contributed by atoms with Crippen molar-refractivity contribution in [2.45, 2.75) is 19.0 Å². The molecule has 3 N–H and O–H groups in total. The number of terminal acetylenes is 1. The van der Waals surface area contributed by atoms with E-state index < -0.39 is 0 Å². The molecule has 0 bridgehead atoms. The summed E-state index contributed by atoms with van der Waals surface area (Å²) in [5, 5.41) is 3.78. The highest BCUT2D eigenvalue weighted by Crippen LogP contribution is 2.39. The largest absolute Gasteiger partial charge is 0.486 e. The van der Waals surface area contributed by atoms with Crippen LogP contribution in [-0.4, -0.2) is 25.8 Å². The van der Waals surface area contributed by atoms with Gasteiger partial charge in [-0.2, -0.15) is 0 Å². The molecule has 0 saturated carbocycles. The molecule has 0 aromatic heterocycles. The van der Waals surface area contributed by atoms with Crippen molar-refractivity contribution in [3.63, 3.8) is 0 Å². The molecule has 1 aliphatic rings. The maximum atomic E-state index is 6.20. The summed E-state index contributed by atoms with van der Waals surface area (Å²) in [6, 6.07) is 3.59. The quantitative estimate of drug-likeness (QED) is 0.825. The summed E-state index contributed by atoms with van der Waals surface area (Å²) >= 11 is 6.20. The third-order valence-electron chi connectivity index (χ3n) is 2.96. The van der Waals surface area contributed by atoms with Gasteiger partial charge in [-0.1, -0.05) is 17.5 Å². The van der Waals surface area contributed by atoms with E-state index in [0.717, 1.165) is 5.56 Å². The number of hydrogen-bond donors (Lipinski definition) is 2. The molecule has 0 saturated heterocycles. The molecular formula is C14H17ClN2O2. The van der Waals surface area contributed by atoms with Crippen LogP contribution >= 0.6 is 11.6 Å². The fourth-order valence-electron chi connectivity index (χ4n) is 1.98. The standard InChI is InChI=1S/C14H17ClN2O2/c1-3-9(2)17-12(8-16)10-6-11(15)14-13(7-10)18-4-5-19-14/h1,6-7,9,12,17H,4-5,8,16H2,2H3. The van der Waals surface area contributed by atoms with E-state index in [0.29, 0.717) is 36.3 Å². The minimum absolute atomic E-state index is 0.0690.